The molecule has 3 aromatic rings. The second-order valence-electron chi connectivity index (χ2n) is 6.74. The number of nitrogens with two attached hydrogens (primary N) is 1. The van der Waals surface area contributed by atoms with Crippen molar-refractivity contribution < 1.29 is 32.5 Å². The molecule has 0 atom stereocenters. The fourth-order valence-electron chi connectivity index (χ4n) is 3.08. The second-order valence-corrected chi connectivity index (χ2v) is 6.74. The molecule has 8 heteroatoms. The van der Waals surface area contributed by atoms with Gasteiger partial charge in [0.2, 0.25) is 0 Å². The lowest BCUT2D eigenvalue weighted by molar-refractivity contribution is -0.275. The van der Waals surface area contributed by atoms with Gasteiger partial charge in [0.05, 0.1) is 6.42 Å². The number of benzene rings is 3. The molecule has 0 heterocycles. The van der Waals surface area contributed by atoms with Crippen molar-refractivity contribution >= 4 is 5.97 Å². The largest absolute Gasteiger partial charge is 0.573 e. The average molecular weight is 431 g/mol. The standard InChI is InChI=1S/C23H20F3NO4/c24-23(25,26)31-21-9-8-17(16-6-3-4-15(10-16)13-27)11-19(21)14-30-20-7-2-1-5-18(20)12-22(28)29/h1-11H,12-14,27H2,(H,28,29). The molecule has 31 heavy (non-hydrogen) atoms. The number of hydrogen-bond donors (Lipinski definition) is 2. The summed E-state index contributed by atoms with van der Waals surface area (Å²) in [7, 11) is 0. The number of halogens is 3. The summed E-state index contributed by atoms with van der Waals surface area (Å²) < 4.78 is 48.5. The third-order valence-electron chi connectivity index (χ3n) is 4.48. The van der Waals surface area contributed by atoms with Crippen molar-refractivity contribution in [1.82, 2.24) is 0 Å². The molecule has 0 bridgehead atoms. The maximum absolute atomic E-state index is 12.9. The number of carboxylic acid groups (broad SMARTS) is 1. The molecule has 3 rings (SSSR count). The molecule has 0 spiro atoms. The van der Waals surface area contributed by atoms with Crippen molar-refractivity contribution in [3.63, 3.8) is 0 Å². The summed E-state index contributed by atoms with van der Waals surface area (Å²) >= 11 is 0. The van der Waals surface area contributed by atoms with Gasteiger partial charge < -0.3 is 20.3 Å². The molecule has 0 saturated carbocycles. The van der Waals surface area contributed by atoms with Crippen LogP contribution >= 0.6 is 0 Å². The minimum Gasteiger partial charge on any atom is -0.488 e. The van der Waals surface area contributed by atoms with E-state index in [4.69, 9.17) is 15.6 Å². The van der Waals surface area contributed by atoms with E-state index in [1.807, 2.05) is 24.3 Å². The lowest BCUT2D eigenvalue weighted by Crippen LogP contribution is -2.18. The summed E-state index contributed by atoms with van der Waals surface area (Å²) in [5.41, 5.74) is 8.59. The lowest BCUT2D eigenvalue weighted by atomic mass is 10.0. The van der Waals surface area contributed by atoms with E-state index >= 15 is 0 Å². The number of aliphatic carboxylic acids is 1. The molecule has 0 aliphatic heterocycles. The second kappa shape index (κ2) is 9.53. The van der Waals surface area contributed by atoms with Gasteiger partial charge in [-0.3, -0.25) is 4.79 Å². The molecule has 0 fully saturated rings. The van der Waals surface area contributed by atoms with Crippen LogP contribution in [-0.4, -0.2) is 17.4 Å². The highest BCUT2D eigenvalue weighted by Crippen LogP contribution is 2.32. The SMILES string of the molecule is NCc1cccc(-c2ccc(OC(F)(F)F)c(COc3ccccc3CC(=O)O)c2)c1. The first kappa shape index (κ1) is 22.2. The van der Waals surface area contributed by atoms with E-state index in [0.29, 0.717) is 17.7 Å². The van der Waals surface area contributed by atoms with Crippen LogP contribution < -0.4 is 15.2 Å². The van der Waals surface area contributed by atoms with E-state index < -0.39 is 12.3 Å². The summed E-state index contributed by atoms with van der Waals surface area (Å²) in [6.45, 7) is 0.0892. The van der Waals surface area contributed by atoms with Crippen LogP contribution in [-0.2, 0) is 24.4 Å². The molecule has 3 aromatic carbocycles. The molecule has 3 N–H and O–H groups in total. The Kier molecular flexibility index (Phi) is 6.81. The number of hydrogen-bond acceptors (Lipinski definition) is 4. The number of rotatable bonds is 8. The number of para-hydroxylation sites is 1. The number of carbonyl (C=O) groups is 1. The Morgan fingerprint density at radius 1 is 0.903 bits per heavy atom. The lowest BCUT2D eigenvalue weighted by Gasteiger charge is -2.16. The van der Waals surface area contributed by atoms with Crippen molar-refractivity contribution in [2.45, 2.75) is 25.9 Å². The fraction of sp³-hybridized carbons (Fsp3) is 0.174. The molecule has 0 aliphatic rings. The van der Waals surface area contributed by atoms with E-state index in [1.165, 1.54) is 12.1 Å². The van der Waals surface area contributed by atoms with Gasteiger partial charge in [0, 0.05) is 17.7 Å². The summed E-state index contributed by atoms with van der Waals surface area (Å²) in [5, 5.41) is 9.04. The van der Waals surface area contributed by atoms with E-state index in [1.54, 1.807) is 30.3 Å². The zero-order valence-electron chi connectivity index (χ0n) is 16.4. The van der Waals surface area contributed by atoms with Crippen LogP contribution in [0.15, 0.2) is 66.7 Å². The Morgan fingerprint density at radius 2 is 1.65 bits per heavy atom. The number of ether oxygens (including phenoxy) is 2. The predicted octanol–water partition coefficient (Wildman–Crippen LogP) is 4.92. The van der Waals surface area contributed by atoms with E-state index in [0.717, 1.165) is 11.1 Å². The fourth-order valence-corrected chi connectivity index (χ4v) is 3.08. The average Bonchev–Trinajstić information content (AvgIpc) is 2.72. The Balaban J connectivity index is 1.93. The topological polar surface area (TPSA) is 81.8 Å². The maximum Gasteiger partial charge on any atom is 0.573 e. The molecule has 0 unspecified atom stereocenters. The monoisotopic (exact) mass is 431 g/mol. The normalized spacial score (nSPS) is 11.2. The zero-order chi connectivity index (χ0) is 22.4. The minimum absolute atomic E-state index is 0.165. The molecule has 162 valence electrons. The summed E-state index contributed by atoms with van der Waals surface area (Å²) in [6, 6.07) is 18.1. The summed E-state index contributed by atoms with van der Waals surface area (Å²) in [6.07, 6.45) is -5.13. The van der Waals surface area contributed by atoms with Crippen molar-refractivity contribution in [2.75, 3.05) is 0 Å². The summed E-state index contributed by atoms with van der Waals surface area (Å²) in [4.78, 5) is 11.1. The van der Waals surface area contributed by atoms with Gasteiger partial charge in [-0.1, -0.05) is 42.5 Å². The zero-order valence-corrected chi connectivity index (χ0v) is 16.4. The van der Waals surface area contributed by atoms with Gasteiger partial charge in [-0.25, -0.2) is 0 Å². The van der Waals surface area contributed by atoms with Crippen molar-refractivity contribution in [3.05, 3.63) is 83.4 Å². The van der Waals surface area contributed by atoms with Crippen LogP contribution in [0.3, 0.4) is 0 Å². The molecule has 0 amide bonds. The van der Waals surface area contributed by atoms with E-state index in [9.17, 15) is 18.0 Å². The molecule has 0 saturated heterocycles. The molecular weight excluding hydrogens is 411 g/mol. The maximum atomic E-state index is 12.9. The number of alkyl halides is 3. The van der Waals surface area contributed by atoms with E-state index in [-0.39, 0.29) is 30.1 Å². The molecular formula is C23H20F3NO4. The first-order chi connectivity index (χ1) is 14.7. The Morgan fingerprint density at radius 3 is 2.35 bits per heavy atom. The van der Waals surface area contributed by atoms with Gasteiger partial charge in [0.1, 0.15) is 18.1 Å². The highest BCUT2D eigenvalue weighted by atomic mass is 19.4. The highest BCUT2D eigenvalue weighted by Gasteiger charge is 2.32. The van der Waals surface area contributed by atoms with Crippen LogP contribution in [0.25, 0.3) is 11.1 Å². The van der Waals surface area contributed by atoms with Crippen molar-refractivity contribution in [1.29, 1.82) is 0 Å². The first-order valence-electron chi connectivity index (χ1n) is 9.35. The van der Waals surface area contributed by atoms with Crippen LogP contribution in [0, 0.1) is 0 Å². The molecule has 0 aliphatic carbocycles. The van der Waals surface area contributed by atoms with E-state index in [2.05, 4.69) is 4.74 Å². The smallest absolute Gasteiger partial charge is 0.488 e. The van der Waals surface area contributed by atoms with Gasteiger partial charge in [0.25, 0.3) is 0 Å². The minimum atomic E-state index is -4.86. The Bertz CT molecular complexity index is 1070. The molecule has 5 nitrogen and oxygen atoms in total. The quantitative estimate of drug-likeness (QED) is 0.529. The van der Waals surface area contributed by atoms with Crippen LogP contribution in [0.4, 0.5) is 13.2 Å². The third-order valence-corrected chi connectivity index (χ3v) is 4.48. The van der Waals surface area contributed by atoms with Crippen LogP contribution in [0.2, 0.25) is 0 Å². The summed E-state index contributed by atoms with van der Waals surface area (Å²) in [5.74, 6) is -1.15. The molecule has 0 aromatic heterocycles. The van der Waals surface area contributed by atoms with Gasteiger partial charge >= 0.3 is 12.3 Å². The Hall–Kier alpha value is -3.52. The predicted molar refractivity (Wildman–Crippen MR) is 109 cm³/mol. The first-order valence-corrected chi connectivity index (χ1v) is 9.35. The van der Waals surface area contributed by atoms with Gasteiger partial charge in [0.15, 0.2) is 0 Å². The molecule has 0 radical (unpaired) electrons. The van der Waals surface area contributed by atoms with Crippen LogP contribution in [0.1, 0.15) is 16.7 Å². The van der Waals surface area contributed by atoms with Gasteiger partial charge in [-0.15, -0.1) is 13.2 Å². The Labute approximate surface area is 176 Å². The van der Waals surface area contributed by atoms with Crippen molar-refractivity contribution in [2.24, 2.45) is 5.73 Å². The third kappa shape index (κ3) is 6.23. The highest BCUT2D eigenvalue weighted by molar-refractivity contribution is 5.71. The van der Waals surface area contributed by atoms with Gasteiger partial charge in [-0.2, -0.15) is 0 Å². The van der Waals surface area contributed by atoms with Gasteiger partial charge in [-0.05, 0) is 41.0 Å². The van der Waals surface area contributed by atoms with Crippen molar-refractivity contribution in [3.8, 4) is 22.6 Å². The van der Waals surface area contributed by atoms with Crippen LogP contribution in [0.5, 0.6) is 11.5 Å². The number of carboxylic acids is 1.